The molecule has 1 aliphatic carbocycles. The monoisotopic (exact) mass is 271 g/mol. The van der Waals surface area contributed by atoms with Crippen LogP contribution in [0.25, 0.3) is 0 Å². The lowest BCUT2D eigenvalue weighted by molar-refractivity contribution is 0.0946. The molecule has 1 saturated carbocycles. The molecule has 0 bridgehead atoms. The van der Waals surface area contributed by atoms with Gasteiger partial charge in [0.25, 0.3) is 5.91 Å². The van der Waals surface area contributed by atoms with Crippen molar-refractivity contribution in [2.45, 2.75) is 32.6 Å². The van der Waals surface area contributed by atoms with E-state index in [0.717, 1.165) is 17.7 Å². The smallest absolute Gasteiger partial charge is 0.251 e. The van der Waals surface area contributed by atoms with Gasteiger partial charge in [-0.15, -0.1) is 0 Å². The zero-order valence-electron chi connectivity index (χ0n) is 11.9. The predicted molar refractivity (Wildman–Crippen MR) is 79.4 cm³/mol. The van der Waals surface area contributed by atoms with Crippen molar-refractivity contribution in [3.05, 3.63) is 34.9 Å². The Bertz CT molecular complexity index is 534. The van der Waals surface area contributed by atoms with Gasteiger partial charge in [-0.3, -0.25) is 4.79 Å². The molecule has 1 aromatic carbocycles. The first-order valence-corrected chi connectivity index (χ1v) is 7.20. The van der Waals surface area contributed by atoms with Crippen LogP contribution >= 0.6 is 0 Å². The van der Waals surface area contributed by atoms with Gasteiger partial charge >= 0.3 is 0 Å². The third-order valence-corrected chi connectivity index (χ3v) is 3.91. The van der Waals surface area contributed by atoms with Gasteiger partial charge in [0, 0.05) is 17.7 Å². The van der Waals surface area contributed by atoms with Crippen LogP contribution in [0.5, 0.6) is 0 Å². The molecule has 3 nitrogen and oxygen atoms in total. The summed E-state index contributed by atoms with van der Waals surface area (Å²) in [5.74, 6) is 6.11. The van der Waals surface area contributed by atoms with Gasteiger partial charge in [-0.05, 0) is 43.4 Å². The van der Waals surface area contributed by atoms with E-state index in [2.05, 4.69) is 17.2 Å². The molecule has 0 saturated heterocycles. The van der Waals surface area contributed by atoms with Crippen LogP contribution in [0.3, 0.4) is 0 Å². The Labute approximate surface area is 120 Å². The Morgan fingerprint density at radius 2 is 2.15 bits per heavy atom. The highest BCUT2D eigenvalue weighted by molar-refractivity contribution is 5.96. The third-order valence-electron chi connectivity index (χ3n) is 3.91. The fraction of sp³-hybridized carbons (Fsp3) is 0.471. The summed E-state index contributed by atoms with van der Waals surface area (Å²) in [6.45, 7) is 2.49. The minimum absolute atomic E-state index is 0.0259. The quantitative estimate of drug-likeness (QED) is 0.828. The fourth-order valence-corrected chi connectivity index (χ4v) is 2.70. The number of aliphatic hydroxyl groups is 1. The van der Waals surface area contributed by atoms with Crippen LogP contribution in [0.4, 0.5) is 0 Å². The predicted octanol–water partition coefficient (Wildman–Crippen LogP) is 2.26. The molecule has 0 spiro atoms. The molecule has 0 aromatic heterocycles. The first-order valence-electron chi connectivity index (χ1n) is 7.20. The zero-order chi connectivity index (χ0) is 14.4. The van der Waals surface area contributed by atoms with E-state index in [1.54, 1.807) is 0 Å². The van der Waals surface area contributed by atoms with E-state index in [9.17, 15) is 4.79 Å². The number of amides is 1. The summed E-state index contributed by atoms with van der Waals surface area (Å²) >= 11 is 0. The Morgan fingerprint density at radius 3 is 2.85 bits per heavy atom. The Balaban J connectivity index is 2.05. The van der Waals surface area contributed by atoms with Crippen molar-refractivity contribution in [2.75, 3.05) is 13.2 Å². The van der Waals surface area contributed by atoms with Crippen LogP contribution in [0.2, 0.25) is 0 Å². The fourth-order valence-electron chi connectivity index (χ4n) is 2.70. The molecule has 0 unspecified atom stereocenters. The molecule has 0 heterocycles. The lowest BCUT2D eigenvalue weighted by Crippen LogP contribution is -2.29. The average molecular weight is 271 g/mol. The van der Waals surface area contributed by atoms with Crippen LogP contribution in [0, 0.1) is 24.7 Å². The van der Waals surface area contributed by atoms with Crippen molar-refractivity contribution in [1.82, 2.24) is 5.32 Å². The minimum atomic E-state index is -0.169. The van der Waals surface area contributed by atoms with Crippen molar-refractivity contribution in [2.24, 2.45) is 5.92 Å². The number of rotatable bonds is 3. The lowest BCUT2D eigenvalue weighted by Gasteiger charge is -2.12. The summed E-state index contributed by atoms with van der Waals surface area (Å²) in [4.78, 5) is 12.2. The Hall–Kier alpha value is -1.79. The second-order valence-electron chi connectivity index (χ2n) is 5.30. The molecule has 3 heteroatoms. The second-order valence-corrected chi connectivity index (χ2v) is 5.30. The SMILES string of the molecule is Cc1c(C#CCO)cccc1C(=O)NCC1CCCC1. The molecular weight excluding hydrogens is 250 g/mol. The van der Waals surface area contributed by atoms with E-state index in [0.29, 0.717) is 11.5 Å². The van der Waals surface area contributed by atoms with Crippen molar-refractivity contribution in [3.8, 4) is 11.8 Å². The van der Waals surface area contributed by atoms with E-state index in [-0.39, 0.29) is 12.5 Å². The molecular formula is C17H21NO2. The number of benzene rings is 1. The molecule has 1 amide bonds. The van der Waals surface area contributed by atoms with Gasteiger partial charge in [-0.2, -0.15) is 0 Å². The Kier molecular flexibility index (Phi) is 5.20. The summed E-state index contributed by atoms with van der Waals surface area (Å²) < 4.78 is 0. The van der Waals surface area contributed by atoms with Gasteiger partial charge in [0.1, 0.15) is 6.61 Å². The number of hydrogen-bond acceptors (Lipinski definition) is 2. The Morgan fingerprint density at radius 1 is 1.40 bits per heavy atom. The van der Waals surface area contributed by atoms with Gasteiger partial charge in [0.15, 0.2) is 0 Å². The maximum atomic E-state index is 12.2. The number of hydrogen-bond donors (Lipinski definition) is 2. The molecule has 0 radical (unpaired) electrons. The summed E-state index contributed by atoms with van der Waals surface area (Å²) in [6, 6.07) is 5.52. The van der Waals surface area contributed by atoms with Crippen molar-refractivity contribution in [1.29, 1.82) is 0 Å². The molecule has 106 valence electrons. The van der Waals surface area contributed by atoms with Crippen LogP contribution in [-0.4, -0.2) is 24.2 Å². The van der Waals surface area contributed by atoms with Crippen molar-refractivity contribution < 1.29 is 9.90 Å². The second kappa shape index (κ2) is 7.12. The van der Waals surface area contributed by atoms with Crippen molar-refractivity contribution >= 4 is 5.91 Å². The highest BCUT2D eigenvalue weighted by Gasteiger charge is 2.17. The first kappa shape index (κ1) is 14.6. The van der Waals surface area contributed by atoms with E-state index >= 15 is 0 Å². The normalized spacial score (nSPS) is 14.7. The summed E-state index contributed by atoms with van der Waals surface area (Å²) in [5, 5.41) is 11.8. The van der Waals surface area contributed by atoms with E-state index in [1.165, 1.54) is 25.7 Å². The first-order chi connectivity index (χ1) is 9.72. The topological polar surface area (TPSA) is 49.3 Å². The van der Waals surface area contributed by atoms with Gasteiger partial charge in [0.05, 0.1) is 0 Å². The van der Waals surface area contributed by atoms with Crippen molar-refractivity contribution in [3.63, 3.8) is 0 Å². The maximum absolute atomic E-state index is 12.2. The van der Waals surface area contributed by atoms with Crippen LogP contribution in [0.1, 0.15) is 47.2 Å². The lowest BCUT2D eigenvalue weighted by atomic mass is 10.0. The highest BCUT2D eigenvalue weighted by Crippen LogP contribution is 2.24. The number of nitrogens with one attached hydrogen (secondary N) is 1. The molecule has 2 N–H and O–H groups in total. The minimum Gasteiger partial charge on any atom is -0.384 e. The molecule has 0 aliphatic heterocycles. The molecule has 20 heavy (non-hydrogen) atoms. The standard InChI is InChI=1S/C17H21NO2/c1-13-15(9-5-11-19)8-4-10-16(13)17(20)18-12-14-6-2-3-7-14/h4,8,10,14,19H,2-3,6-7,11-12H2,1H3,(H,18,20). The van der Waals surface area contributed by atoms with E-state index in [4.69, 9.17) is 5.11 Å². The van der Waals surface area contributed by atoms with E-state index in [1.807, 2.05) is 25.1 Å². The van der Waals surface area contributed by atoms with Gasteiger partial charge in [-0.1, -0.05) is 30.7 Å². The van der Waals surface area contributed by atoms with Crippen LogP contribution in [-0.2, 0) is 0 Å². The third kappa shape index (κ3) is 3.61. The van der Waals surface area contributed by atoms with Gasteiger partial charge in [0.2, 0.25) is 0 Å². The van der Waals surface area contributed by atoms with Crippen LogP contribution in [0.15, 0.2) is 18.2 Å². The summed E-state index contributed by atoms with van der Waals surface area (Å²) in [6.07, 6.45) is 5.01. The number of aliphatic hydroxyl groups excluding tert-OH is 1. The maximum Gasteiger partial charge on any atom is 0.251 e. The van der Waals surface area contributed by atoms with E-state index < -0.39 is 0 Å². The van der Waals surface area contributed by atoms with Gasteiger partial charge in [-0.25, -0.2) is 0 Å². The molecule has 0 atom stereocenters. The molecule has 1 aliphatic rings. The summed E-state index contributed by atoms with van der Waals surface area (Å²) in [5.41, 5.74) is 2.35. The average Bonchev–Trinajstić information content (AvgIpc) is 2.97. The summed E-state index contributed by atoms with van der Waals surface area (Å²) in [7, 11) is 0. The number of carbonyl (C=O) groups is 1. The molecule has 1 fully saturated rings. The molecule has 1 aromatic rings. The number of carbonyl (C=O) groups excluding carboxylic acids is 1. The largest absolute Gasteiger partial charge is 0.384 e. The molecule has 2 rings (SSSR count). The van der Waals surface area contributed by atoms with Gasteiger partial charge < -0.3 is 10.4 Å². The highest BCUT2D eigenvalue weighted by atomic mass is 16.2. The van der Waals surface area contributed by atoms with Crippen LogP contribution < -0.4 is 5.32 Å². The zero-order valence-corrected chi connectivity index (χ0v) is 11.9.